The van der Waals surface area contributed by atoms with Crippen molar-refractivity contribution in [2.75, 3.05) is 0 Å². The van der Waals surface area contributed by atoms with Crippen molar-refractivity contribution in [1.29, 1.82) is 0 Å². The van der Waals surface area contributed by atoms with Gasteiger partial charge < -0.3 is 5.32 Å². The Labute approximate surface area is 108 Å². The molecule has 94 valence electrons. The highest BCUT2D eigenvalue weighted by Crippen LogP contribution is 2.35. The Morgan fingerprint density at radius 3 is 2.94 bits per heavy atom. The highest BCUT2D eigenvalue weighted by atomic mass is 15.0. The first-order valence-corrected chi connectivity index (χ1v) is 6.88. The molecule has 0 bridgehead atoms. The maximum absolute atomic E-state index is 4.42. The Morgan fingerprint density at radius 1 is 1.28 bits per heavy atom. The molecule has 2 aromatic rings. The predicted octanol–water partition coefficient (Wildman–Crippen LogP) is 3.48. The van der Waals surface area contributed by atoms with Gasteiger partial charge in [0.1, 0.15) is 0 Å². The Balaban J connectivity index is 2.08. The van der Waals surface area contributed by atoms with Crippen LogP contribution in [0.4, 0.5) is 0 Å². The van der Waals surface area contributed by atoms with Gasteiger partial charge in [-0.3, -0.25) is 4.98 Å². The summed E-state index contributed by atoms with van der Waals surface area (Å²) in [5, 5.41) is 6.31. The summed E-state index contributed by atoms with van der Waals surface area (Å²) in [7, 11) is 0. The van der Waals surface area contributed by atoms with Gasteiger partial charge >= 0.3 is 0 Å². The fourth-order valence-corrected chi connectivity index (χ4v) is 3.28. The lowest BCUT2D eigenvalue weighted by molar-refractivity contribution is 0.518. The summed E-state index contributed by atoms with van der Waals surface area (Å²) in [6.45, 7) is 4.54. The van der Waals surface area contributed by atoms with E-state index < -0.39 is 0 Å². The molecule has 1 N–H and O–H groups in total. The molecule has 1 aromatic carbocycles. The van der Waals surface area contributed by atoms with Gasteiger partial charge in [0, 0.05) is 35.8 Å². The van der Waals surface area contributed by atoms with E-state index in [-0.39, 0.29) is 0 Å². The molecular formula is C16H20N2. The molecule has 2 heterocycles. The number of benzene rings is 1. The van der Waals surface area contributed by atoms with E-state index >= 15 is 0 Å². The van der Waals surface area contributed by atoms with Crippen LogP contribution < -0.4 is 5.32 Å². The van der Waals surface area contributed by atoms with Crippen LogP contribution >= 0.6 is 0 Å². The Kier molecular flexibility index (Phi) is 3.04. The van der Waals surface area contributed by atoms with Crippen molar-refractivity contribution in [2.45, 2.75) is 44.7 Å². The highest BCUT2D eigenvalue weighted by molar-refractivity contribution is 5.85. The molecule has 18 heavy (non-hydrogen) atoms. The smallest absolute Gasteiger partial charge is 0.0346 e. The standard InChI is InChI=1S/C16H20N2/c1-3-16-14(8-11(2)18-16)15-10-17-9-12-6-4-5-7-13(12)15/h4-7,9-11,14,16,18H,3,8H2,1-2H3. The van der Waals surface area contributed by atoms with E-state index in [0.29, 0.717) is 18.0 Å². The summed E-state index contributed by atoms with van der Waals surface area (Å²) >= 11 is 0. The third-order valence-corrected chi connectivity index (χ3v) is 4.13. The van der Waals surface area contributed by atoms with Crippen molar-refractivity contribution >= 4 is 10.8 Å². The molecule has 1 saturated heterocycles. The lowest BCUT2D eigenvalue weighted by Crippen LogP contribution is -2.28. The van der Waals surface area contributed by atoms with Crippen LogP contribution in [-0.2, 0) is 0 Å². The van der Waals surface area contributed by atoms with E-state index in [9.17, 15) is 0 Å². The van der Waals surface area contributed by atoms with Crippen molar-refractivity contribution < 1.29 is 0 Å². The summed E-state index contributed by atoms with van der Waals surface area (Å²) in [5.41, 5.74) is 1.41. The number of hydrogen-bond donors (Lipinski definition) is 1. The van der Waals surface area contributed by atoms with Gasteiger partial charge in [-0.1, -0.05) is 31.2 Å². The summed E-state index contributed by atoms with van der Waals surface area (Å²) < 4.78 is 0. The molecule has 2 nitrogen and oxygen atoms in total. The van der Waals surface area contributed by atoms with Crippen LogP contribution in [0, 0.1) is 0 Å². The van der Waals surface area contributed by atoms with Crippen molar-refractivity contribution in [3.8, 4) is 0 Å². The molecule has 3 atom stereocenters. The Hall–Kier alpha value is -1.41. The summed E-state index contributed by atoms with van der Waals surface area (Å²) in [6.07, 6.45) is 6.42. The molecule has 1 aliphatic heterocycles. The van der Waals surface area contributed by atoms with Crippen LogP contribution in [0.15, 0.2) is 36.7 Å². The van der Waals surface area contributed by atoms with Gasteiger partial charge in [0.15, 0.2) is 0 Å². The van der Waals surface area contributed by atoms with Gasteiger partial charge in [-0.25, -0.2) is 0 Å². The molecule has 0 aliphatic carbocycles. The largest absolute Gasteiger partial charge is 0.311 e. The molecule has 1 aromatic heterocycles. The lowest BCUT2D eigenvalue weighted by Gasteiger charge is -2.19. The van der Waals surface area contributed by atoms with Crippen LogP contribution in [0.3, 0.4) is 0 Å². The third kappa shape index (κ3) is 1.91. The summed E-state index contributed by atoms with van der Waals surface area (Å²) in [6, 6.07) is 9.78. The molecule has 2 heteroatoms. The van der Waals surface area contributed by atoms with Gasteiger partial charge in [-0.2, -0.15) is 0 Å². The molecular weight excluding hydrogens is 220 g/mol. The zero-order chi connectivity index (χ0) is 12.5. The summed E-state index contributed by atoms with van der Waals surface area (Å²) in [4.78, 5) is 4.42. The van der Waals surface area contributed by atoms with Gasteiger partial charge in [0.2, 0.25) is 0 Å². The maximum atomic E-state index is 4.42. The first kappa shape index (κ1) is 11.7. The second-order valence-electron chi connectivity index (χ2n) is 5.37. The van der Waals surface area contributed by atoms with E-state index in [4.69, 9.17) is 0 Å². The topological polar surface area (TPSA) is 24.9 Å². The van der Waals surface area contributed by atoms with Crippen molar-refractivity contribution in [2.24, 2.45) is 0 Å². The number of fused-ring (bicyclic) bond motifs is 1. The van der Waals surface area contributed by atoms with E-state index in [1.54, 1.807) is 0 Å². The van der Waals surface area contributed by atoms with Gasteiger partial charge in [-0.15, -0.1) is 0 Å². The molecule has 1 fully saturated rings. The molecule has 3 unspecified atom stereocenters. The number of nitrogens with zero attached hydrogens (tertiary/aromatic N) is 1. The zero-order valence-electron chi connectivity index (χ0n) is 11.1. The van der Waals surface area contributed by atoms with E-state index in [2.05, 4.69) is 54.6 Å². The lowest BCUT2D eigenvalue weighted by atomic mass is 9.88. The Morgan fingerprint density at radius 2 is 2.11 bits per heavy atom. The van der Waals surface area contributed by atoms with Crippen molar-refractivity contribution in [3.63, 3.8) is 0 Å². The Bertz CT molecular complexity index is 544. The second-order valence-corrected chi connectivity index (χ2v) is 5.37. The van der Waals surface area contributed by atoms with Crippen LogP contribution in [0.1, 0.15) is 38.2 Å². The molecule has 1 aliphatic rings. The number of rotatable bonds is 2. The quantitative estimate of drug-likeness (QED) is 0.869. The zero-order valence-corrected chi connectivity index (χ0v) is 11.1. The average Bonchev–Trinajstić information content (AvgIpc) is 2.79. The van der Waals surface area contributed by atoms with Crippen LogP contribution in [0.5, 0.6) is 0 Å². The molecule has 0 spiro atoms. The van der Waals surface area contributed by atoms with E-state index in [1.807, 2.05) is 6.20 Å². The average molecular weight is 240 g/mol. The number of aromatic nitrogens is 1. The number of pyridine rings is 1. The van der Waals surface area contributed by atoms with Crippen LogP contribution in [0.2, 0.25) is 0 Å². The first-order chi connectivity index (χ1) is 8.79. The minimum absolute atomic E-state index is 0.590. The predicted molar refractivity (Wildman–Crippen MR) is 75.8 cm³/mol. The number of nitrogens with one attached hydrogen (secondary N) is 1. The maximum Gasteiger partial charge on any atom is 0.0346 e. The van der Waals surface area contributed by atoms with E-state index in [1.165, 1.54) is 29.2 Å². The molecule has 0 saturated carbocycles. The monoisotopic (exact) mass is 240 g/mol. The first-order valence-electron chi connectivity index (χ1n) is 6.88. The van der Waals surface area contributed by atoms with Crippen molar-refractivity contribution in [3.05, 3.63) is 42.2 Å². The molecule has 0 radical (unpaired) electrons. The van der Waals surface area contributed by atoms with Gasteiger partial charge in [0.05, 0.1) is 0 Å². The third-order valence-electron chi connectivity index (χ3n) is 4.13. The minimum Gasteiger partial charge on any atom is -0.311 e. The summed E-state index contributed by atoms with van der Waals surface area (Å²) in [5.74, 6) is 0.601. The van der Waals surface area contributed by atoms with Gasteiger partial charge in [0.25, 0.3) is 0 Å². The van der Waals surface area contributed by atoms with Crippen molar-refractivity contribution in [1.82, 2.24) is 10.3 Å². The van der Waals surface area contributed by atoms with Crippen LogP contribution in [-0.4, -0.2) is 17.1 Å². The normalized spacial score (nSPS) is 27.8. The highest BCUT2D eigenvalue weighted by Gasteiger charge is 2.32. The van der Waals surface area contributed by atoms with Gasteiger partial charge in [-0.05, 0) is 30.7 Å². The SMILES string of the molecule is CCC1NC(C)CC1c1cncc2ccccc12. The van der Waals surface area contributed by atoms with E-state index in [0.717, 1.165) is 0 Å². The number of hydrogen-bond acceptors (Lipinski definition) is 2. The minimum atomic E-state index is 0.590. The second kappa shape index (κ2) is 4.69. The fraction of sp³-hybridized carbons (Fsp3) is 0.438. The molecule has 0 amide bonds. The van der Waals surface area contributed by atoms with Crippen LogP contribution in [0.25, 0.3) is 10.8 Å². The fourth-order valence-electron chi connectivity index (χ4n) is 3.28. The molecule has 3 rings (SSSR count).